The van der Waals surface area contributed by atoms with Gasteiger partial charge in [0.25, 0.3) is 0 Å². The Kier molecular flexibility index (Phi) is 5.86. The molecule has 1 aromatic carbocycles. The molecule has 1 atom stereocenters. The van der Waals surface area contributed by atoms with Gasteiger partial charge in [0.1, 0.15) is 5.82 Å². The molecular formula is C16H21FN6O2S. The molecule has 0 aliphatic rings. The number of hydrogen-bond acceptors (Lipinski definition) is 6. The molecule has 140 valence electrons. The molecule has 0 fully saturated rings. The second kappa shape index (κ2) is 7.73. The highest BCUT2D eigenvalue weighted by Crippen LogP contribution is 2.26. The van der Waals surface area contributed by atoms with E-state index in [0.717, 1.165) is 16.4 Å². The van der Waals surface area contributed by atoms with Gasteiger partial charge in [-0.1, -0.05) is 23.9 Å². The Labute approximate surface area is 154 Å². The van der Waals surface area contributed by atoms with E-state index >= 15 is 0 Å². The van der Waals surface area contributed by atoms with Crippen LogP contribution in [0.4, 0.5) is 9.18 Å². The van der Waals surface area contributed by atoms with Crippen LogP contribution in [-0.2, 0) is 4.79 Å². The summed E-state index contributed by atoms with van der Waals surface area (Å²) in [6.45, 7) is 7.00. The van der Waals surface area contributed by atoms with E-state index in [2.05, 4.69) is 20.8 Å². The molecule has 4 N–H and O–H groups in total. The average molecular weight is 380 g/mol. The number of nitrogen functional groups attached to an aromatic ring is 1. The number of halogens is 1. The topological polar surface area (TPSA) is 115 Å². The summed E-state index contributed by atoms with van der Waals surface area (Å²) in [7, 11) is 0. The number of nitrogens with two attached hydrogens (primary N) is 1. The molecule has 2 rings (SSSR count). The maximum absolute atomic E-state index is 13.9. The van der Waals surface area contributed by atoms with E-state index in [4.69, 9.17) is 5.84 Å². The summed E-state index contributed by atoms with van der Waals surface area (Å²) >= 11 is 1.01. The minimum Gasteiger partial charge on any atom is -0.335 e. The van der Waals surface area contributed by atoms with Gasteiger partial charge in [-0.05, 0) is 39.8 Å². The lowest BCUT2D eigenvalue weighted by Gasteiger charge is -2.21. The molecule has 0 radical (unpaired) electrons. The fourth-order valence-corrected chi connectivity index (χ4v) is 2.75. The van der Waals surface area contributed by atoms with Crippen LogP contribution in [-0.4, -0.2) is 37.6 Å². The van der Waals surface area contributed by atoms with Gasteiger partial charge in [0.15, 0.2) is 5.82 Å². The van der Waals surface area contributed by atoms with Gasteiger partial charge in [-0.15, -0.1) is 10.2 Å². The van der Waals surface area contributed by atoms with E-state index in [0.29, 0.717) is 0 Å². The monoisotopic (exact) mass is 380 g/mol. The first-order chi connectivity index (χ1) is 12.1. The number of amides is 3. The van der Waals surface area contributed by atoms with Crippen molar-refractivity contribution in [2.75, 3.05) is 5.84 Å². The first kappa shape index (κ1) is 19.7. The first-order valence-corrected chi connectivity index (χ1v) is 8.71. The van der Waals surface area contributed by atoms with Crippen molar-refractivity contribution in [3.63, 3.8) is 0 Å². The maximum Gasteiger partial charge on any atom is 0.321 e. The lowest BCUT2D eigenvalue weighted by Crippen LogP contribution is -2.49. The Morgan fingerprint density at radius 1 is 1.27 bits per heavy atom. The lowest BCUT2D eigenvalue weighted by atomic mass is 10.1. The van der Waals surface area contributed by atoms with Gasteiger partial charge in [-0.25, -0.2) is 13.9 Å². The standard InChI is InChI=1S/C16H21FN6O2S/c1-9(13(24)19-14(25)20-16(2,3)4)26-15-22-21-12(23(15)18)10-7-5-6-8-11(10)17/h5-9H,18H2,1-4H3,(H2,19,20,24,25)/t9-/m1/s1. The number of thioether (sulfide) groups is 1. The SMILES string of the molecule is C[C@@H](Sc1nnc(-c2ccccc2F)n1N)C(=O)NC(=O)NC(C)(C)C. The molecule has 0 saturated heterocycles. The van der Waals surface area contributed by atoms with Gasteiger partial charge >= 0.3 is 6.03 Å². The van der Waals surface area contributed by atoms with E-state index in [1.807, 2.05) is 0 Å². The molecule has 0 aliphatic heterocycles. The Balaban J connectivity index is 2.06. The van der Waals surface area contributed by atoms with Crippen molar-refractivity contribution in [3.8, 4) is 11.4 Å². The number of carbonyl (C=O) groups is 2. The third-order valence-electron chi connectivity index (χ3n) is 3.16. The van der Waals surface area contributed by atoms with Crippen molar-refractivity contribution in [1.82, 2.24) is 25.5 Å². The number of urea groups is 1. The van der Waals surface area contributed by atoms with Crippen molar-refractivity contribution in [1.29, 1.82) is 0 Å². The quantitative estimate of drug-likeness (QED) is 0.551. The van der Waals surface area contributed by atoms with Crippen LogP contribution in [0, 0.1) is 5.82 Å². The summed E-state index contributed by atoms with van der Waals surface area (Å²) in [4.78, 5) is 23.9. The number of nitrogens with zero attached hydrogens (tertiary/aromatic N) is 3. The molecule has 0 spiro atoms. The van der Waals surface area contributed by atoms with Crippen LogP contribution in [0.5, 0.6) is 0 Å². The highest BCUT2D eigenvalue weighted by Gasteiger charge is 2.23. The molecule has 26 heavy (non-hydrogen) atoms. The van der Waals surface area contributed by atoms with Crippen molar-refractivity contribution in [2.45, 2.75) is 43.6 Å². The summed E-state index contributed by atoms with van der Waals surface area (Å²) in [5.41, 5.74) is -0.261. The zero-order chi connectivity index (χ0) is 19.5. The predicted octanol–water partition coefficient (Wildman–Crippen LogP) is 1.90. The molecule has 2 aromatic rings. The van der Waals surface area contributed by atoms with E-state index < -0.39 is 28.5 Å². The van der Waals surface area contributed by atoms with E-state index in [9.17, 15) is 14.0 Å². The maximum atomic E-state index is 13.9. The second-order valence-corrected chi connectivity index (χ2v) is 7.92. The normalized spacial score (nSPS) is 12.5. The largest absolute Gasteiger partial charge is 0.335 e. The van der Waals surface area contributed by atoms with Gasteiger partial charge < -0.3 is 11.2 Å². The molecule has 0 unspecified atom stereocenters. The summed E-state index contributed by atoms with van der Waals surface area (Å²) in [5.74, 6) is 5.09. The molecule has 10 heteroatoms. The smallest absolute Gasteiger partial charge is 0.321 e. The lowest BCUT2D eigenvalue weighted by molar-refractivity contribution is -0.119. The fraction of sp³-hybridized carbons (Fsp3) is 0.375. The molecule has 0 saturated carbocycles. The average Bonchev–Trinajstić information content (AvgIpc) is 2.86. The minimum atomic E-state index is -0.666. The number of hydrogen-bond donors (Lipinski definition) is 3. The molecular weight excluding hydrogens is 359 g/mol. The van der Waals surface area contributed by atoms with Crippen LogP contribution in [0.25, 0.3) is 11.4 Å². The number of benzene rings is 1. The molecule has 1 heterocycles. The first-order valence-electron chi connectivity index (χ1n) is 7.83. The number of imide groups is 1. The van der Waals surface area contributed by atoms with Gasteiger partial charge in [0.2, 0.25) is 11.1 Å². The van der Waals surface area contributed by atoms with E-state index in [1.54, 1.807) is 39.8 Å². The summed E-state index contributed by atoms with van der Waals surface area (Å²) in [5, 5.41) is 12.2. The zero-order valence-electron chi connectivity index (χ0n) is 14.9. The van der Waals surface area contributed by atoms with E-state index in [1.165, 1.54) is 12.1 Å². The Morgan fingerprint density at radius 3 is 2.54 bits per heavy atom. The summed E-state index contributed by atoms with van der Waals surface area (Å²) in [6, 6.07) is 5.45. The van der Waals surface area contributed by atoms with Gasteiger partial charge in [0.05, 0.1) is 10.8 Å². The van der Waals surface area contributed by atoms with Crippen molar-refractivity contribution >= 4 is 23.7 Å². The molecule has 3 amide bonds. The van der Waals surface area contributed by atoms with Crippen LogP contribution < -0.4 is 16.5 Å². The van der Waals surface area contributed by atoms with Crippen LogP contribution in [0.1, 0.15) is 27.7 Å². The number of nitrogens with one attached hydrogen (secondary N) is 2. The number of rotatable bonds is 4. The van der Waals surface area contributed by atoms with Crippen molar-refractivity contribution < 1.29 is 14.0 Å². The van der Waals surface area contributed by atoms with E-state index in [-0.39, 0.29) is 16.5 Å². The third-order valence-corrected chi connectivity index (χ3v) is 4.21. The summed E-state index contributed by atoms with van der Waals surface area (Å²) < 4.78 is 15.0. The Bertz CT molecular complexity index is 817. The van der Waals surface area contributed by atoms with Crippen LogP contribution in [0.15, 0.2) is 29.4 Å². The zero-order valence-corrected chi connectivity index (χ0v) is 15.7. The second-order valence-electron chi connectivity index (χ2n) is 6.61. The predicted molar refractivity (Wildman–Crippen MR) is 97.3 cm³/mol. The van der Waals surface area contributed by atoms with Crippen LogP contribution in [0.2, 0.25) is 0 Å². The van der Waals surface area contributed by atoms with Crippen molar-refractivity contribution in [3.05, 3.63) is 30.1 Å². The van der Waals surface area contributed by atoms with Crippen LogP contribution >= 0.6 is 11.8 Å². The summed E-state index contributed by atoms with van der Waals surface area (Å²) in [6.07, 6.45) is 0. The highest BCUT2D eigenvalue weighted by molar-refractivity contribution is 8.00. The Morgan fingerprint density at radius 2 is 1.92 bits per heavy atom. The number of aromatic nitrogens is 3. The van der Waals surface area contributed by atoms with Crippen LogP contribution in [0.3, 0.4) is 0 Å². The van der Waals surface area contributed by atoms with Gasteiger partial charge in [-0.3, -0.25) is 10.1 Å². The molecule has 0 aliphatic carbocycles. The molecule has 8 nitrogen and oxygen atoms in total. The van der Waals surface area contributed by atoms with Gasteiger partial charge in [-0.2, -0.15) is 0 Å². The third kappa shape index (κ3) is 4.94. The van der Waals surface area contributed by atoms with Crippen molar-refractivity contribution in [2.24, 2.45) is 0 Å². The van der Waals surface area contributed by atoms with Gasteiger partial charge in [0, 0.05) is 5.54 Å². The molecule has 0 bridgehead atoms. The number of carbonyl (C=O) groups excluding carboxylic acids is 2. The highest BCUT2D eigenvalue weighted by atomic mass is 32.2. The minimum absolute atomic E-state index is 0.142. The fourth-order valence-electron chi connectivity index (χ4n) is 1.98. The molecule has 1 aromatic heterocycles. The Hall–Kier alpha value is -2.62.